The summed E-state index contributed by atoms with van der Waals surface area (Å²) in [6, 6.07) is 22.1. The molecule has 6 heteroatoms. The van der Waals surface area contributed by atoms with Crippen LogP contribution in [0, 0.1) is 0 Å². The zero-order chi connectivity index (χ0) is 20.7. The van der Waals surface area contributed by atoms with E-state index in [1.807, 2.05) is 19.1 Å². The van der Waals surface area contributed by atoms with Gasteiger partial charge in [-0.3, -0.25) is 4.79 Å². The van der Waals surface area contributed by atoms with Gasteiger partial charge in [0.15, 0.2) is 17.1 Å². The fraction of sp³-hybridized carbons (Fsp3) is 0.130. The Labute approximate surface area is 169 Å². The van der Waals surface area contributed by atoms with E-state index in [0.717, 1.165) is 0 Å². The predicted octanol–water partition coefficient (Wildman–Crippen LogP) is 3.18. The molecule has 0 aliphatic rings. The second kappa shape index (κ2) is 9.03. The minimum Gasteiger partial charge on any atom is -0.504 e. The average molecular weight is 390 g/mol. The van der Waals surface area contributed by atoms with Gasteiger partial charge >= 0.3 is 0 Å². The highest BCUT2D eigenvalue weighted by Gasteiger charge is 2.39. The van der Waals surface area contributed by atoms with E-state index in [4.69, 9.17) is 4.74 Å². The molecule has 0 aromatic heterocycles. The highest BCUT2D eigenvalue weighted by Crippen LogP contribution is 2.30. The number of phenolic OH excluding ortho intramolecular Hbond substituents is 1. The molecular formula is C23H22N2O4. The first-order valence-corrected chi connectivity index (χ1v) is 9.18. The molecule has 3 aromatic carbocycles. The van der Waals surface area contributed by atoms with Crippen LogP contribution in [0.5, 0.6) is 11.5 Å². The van der Waals surface area contributed by atoms with Crippen LogP contribution >= 0.6 is 0 Å². The van der Waals surface area contributed by atoms with Crippen molar-refractivity contribution in [1.29, 1.82) is 0 Å². The van der Waals surface area contributed by atoms with E-state index in [1.165, 1.54) is 12.3 Å². The number of aromatic hydroxyl groups is 1. The molecule has 3 rings (SSSR count). The van der Waals surface area contributed by atoms with Crippen molar-refractivity contribution < 1.29 is 19.7 Å². The molecule has 0 aliphatic heterocycles. The molecule has 3 aromatic rings. The molecule has 0 saturated heterocycles. The van der Waals surface area contributed by atoms with Gasteiger partial charge in [0.25, 0.3) is 5.91 Å². The van der Waals surface area contributed by atoms with Gasteiger partial charge in [0.1, 0.15) is 0 Å². The second-order valence-corrected chi connectivity index (χ2v) is 6.30. The maximum atomic E-state index is 12.9. The van der Waals surface area contributed by atoms with E-state index >= 15 is 0 Å². The van der Waals surface area contributed by atoms with E-state index in [2.05, 4.69) is 10.5 Å². The van der Waals surface area contributed by atoms with Crippen LogP contribution in [0.25, 0.3) is 0 Å². The normalized spacial score (nSPS) is 11.4. The number of nitrogens with zero attached hydrogens (tertiary/aromatic N) is 1. The lowest BCUT2D eigenvalue weighted by Gasteiger charge is -2.27. The molecule has 0 saturated carbocycles. The molecule has 0 bridgehead atoms. The number of hydrazone groups is 1. The molecule has 0 atom stereocenters. The van der Waals surface area contributed by atoms with Gasteiger partial charge < -0.3 is 14.9 Å². The van der Waals surface area contributed by atoms with Crippen molar-refractivity contribution in [2.24, 2.45) is 5.10 Å². The van der Waals surface area contributed by atoms with Gasteiger partial charge in [-0.15, -0.1) is 0 Å². The Morgan fingerprint density at radius 2 is 1.62 bits per heavy atom. The number of benzene rings is 3. The minimum atomic E-state index is -1.90. The molecule has 3 N–H and O–H groups in total. The summed E-state index contributed by atoms with van der Waals surface area (Å²) < 4.78 is 5.34. The third kappa shape index (κ3) is 4.44. The summed E-state index contributed by atoms with van der Waals surface area (Å²) in [6.07, 6.45) is 1.41. The quantitative estimate of drug-likeness (QED) is 0.427. The van der Waals surface area contributed by atoms with Gasteiger partial charge in [0.05, 0.1) is 12.8 Å². The van der Waals surface area contributed by atoms with Crippen LogP contribution in [0.15, 0.2) is 84.0 Å². The molecule has 0 unspecified atom stereocenters. The number of carbonyl (C=O) groups is 1. The van der Waals surface area contributed by atoms with Gasteiger partial charge in [-0.1, -0.05) is 60.7 Å². The molecule has 0 radical (unpaired) electrons. The third-order valence-electron chi connectivity index (χ3n) is 4.38. The Balaban J connectivity index is 1.85. The van der Waals surface area contributed by atoms with E-state index in [0.29, 0.717) is 29.0 Å². The maximum Gasteiger partial charge on any atom is 0.281 e. The molecule has 0 spiro atoms. The summed E-state index contributed by atoms with van der Waals surface area (Å²) in [5.74, 6) is -0.335. The lowest BCUT2D eigenvalue weighted by molar-refractivity contribution is -0.136. The van der Waals surface area contributed by atoms with Crippen LogP contribution in [0.4, 0.5) is 0 Å². The molecule has 6 nitrogen and oxygen atoms in total. The largest absolute Gasteiger partial charge is 0.504 e. The lowest BCUT2D eigenvalue weighted by Crippen LogP contribution is -2.43. The van der Waals surface area contributed by atoms with Gasteiger partial charge in [-0.25, -0.2) is 5.43 Å². The highest BCUT2D eigenvalue weighted by molar-refractivity contribution is 5.91. The molecule has 1 amide bonds. The first-order valence-electron chi connectivity index (χ1n) is 9.18. The van der Waals surface area contributed by atoms with Crippen molar-refractivity contribution >= 4 is 12.1 Å². The Morgan fingerprint density at radius 3 is 2.17 bits per heavy atom. The van der Waals surface area contributed by atoms with Crippen LogP contribution < -0.4 is 10.2 Å². The summed E-state index contributed by atoms with van der Waals surface area (Å²) >= 11 is 0. The van der Waals surface area contributed by atoms with Crippen LogP contribution in [0.3, 0.4) is 0 Å². The number of amides is 1. The number of nitrogens with one attached hydrogen (secondary N) is 1. The summed E-state index contributed by atoms with van der Waals surface area (Å²) in [7, 11) is 0. The molecule has 29 heavy (non-hydrogen) atoms. The summed E-state index contributed by atoms with van der Waals surface area (Å²) in [5.41, 5.74) is 2.00. The molecule has 0 fully saturated rings. The summed E-state index contributed by atoms with van der Waals surface area (Å²) in [4.78, 5) is 12.9. The van der Waals surface area contributed by atoms with Crippen LogP contribution in [0.1, 0.15) is 23.6 Å². The molecular weight excluding hydrogens is 368 g/mol. The minimum absolute atomic E-state index is 0.0237. The average Bonchev–Trinajstić information content (AvgIpc) is 2.76. The summed E-state index contributed by atoms with van der Waals surface area (Å²) in [5, 5.41) is 25.1. The number of phenols is 1. The Kier molecular flexibility index (Phi) is 6.26. The number of hydrogen-bond acceptors (Lipinski definition) is 5. The van der Waals surface area contributed by atoms with Crippen molar-refractivity contribution in [3.63, 3.8) is 0 Å². The Bertz CT molecular complexity index is 949. The SMILES string of the molecule is CCOc1cc(/C=N\NC(=O)C(O)(c2ccccc2)c2ccccc2)ccc1O. The van der Waals surface area contributed by atoms with Gasteiger partial charge in [0, 0.05) is 0 Å². The van der Waals surface area contributed by atoms with E-state index in [1.54, 1.807) is 60.7 Å². The van der Waals surface area contributed by atoms with Crippen molar-refractivity contribution in [3.05, 3.63) is 95.6 Å². The number of ether oxygens (including phenoxy) is 1. The van der Waals surface area contributed by atoms with Gasteiger partial charge in [0.2, 0.25) is 0 Å². The molecule has 0 heterocycles. The molecule has 0 aliphatic carbocycles. The van der Waals surface area contributed by atoms with Crippen molar-refractivity contribution in [2.45, 2.75) is 12.5 Å². The third-order valence-corrected chi connectivity index (χ3v) is 4.38. The Morgan fingerprint density at radius 1 is 1.03 bits per heavy atom. The number of hydrogen-bond donors (Lipinski definition) is 3. The molecule has 148 valence electrons. The topological polar surface area (TPSA) is 91.2 Å². The lowest BCUT2D eigenvalue weighted by atomic mass is 9.85. The van der Waals surface area contributed by atoms with Gasteiger partial charge in [-0.05, 0) is 41.8 Å². The predicted molar refractivity (Wildman–Crippen MR) is 111 cm³/mol. The second-order valence-electron chi connectivity index (χ2n) is 6.30. The fourth-order valence-corrected chi connectivity index (χ4v) is 2.92. The van der Waals surface area contributed by atoms with Crippen LogP contribution in [0.2, 0.25) is 0 Å². The standard InChI is InChI=1S/C23H22N2O4/c1-2-29-21-15-17(13-14-20(21)26)16-24-25-22(27)23(28,18-9-5-3-6-10-18)19-11-7-4-8-12-19/h3-16,26,28H,2H2,1H3,(H,25,27)/b24-16-. The summed E-state index contributed by atoms with van der Waals surface area (Å²) in [6.45, 7) is 2.22. The van der Waals surface area contributed by atoms with Crippen molar-refractivity contribution in [1.82, 2.24) is 5.43 Å². The first kappa shape index (κ1) is 20.1. The smallest absolute Gasteiger partial charge is 0.281 e. The maximum absolute atomic E-state index is 12.9. The highest BCUT2D eigenvalue weighted by atomic mass is 16.5. The van der Waals surface area contributed by atoms with E-state index in [-0.39, 0.29) is 5.75 Å². The van der Waals surface area contributed by atoms with Crippen molar-refractivity contribution in [2.75, 3.05) is 6.61 Å². The van der Waals surface area contributed by atoms with Crippen LogP contribution in [-0.4, -0.2) is 28.9 Å². The van der Waals surface area contributed by atoms with Gasteiger partial charge in [-0.2, -0.15) is 5.10 Å². The Hall–Kier alpha value is -3.64. The number of carbonyl (C=O) groups excluding carboxylic acids is 1. The number of aliphatic hydroxyl groups is 1. The zero-order valence-electron chi connectivity index (χ0n) is 15.9. The van der Waals surface area contributed by atoms with Crippen LogP contribution in [-0.2, 0) is 10.4 Å². The number of rotatable bonds is 7. The monoisotopic (exact) mass is 390 g/mol. The van der Waals surface area contributed by atoms with E-state index < -0.39 is 11.5 Å². The fourth-order valence-electron chi connectivity index (χ4n) is 2.92. The van der Waals surface area contributed by atoms with E-state index in [9.17, 15) is 15.0 Å². The van der Waals surface area contributed by atoms with Crippen molar-refractivity contribution in [3.8, 4) is 11.5 Å². The zero-order valence-corrected chi connectivity index (χ0v) is 15.9. The first-order chi connectivity index (χ1) is 14.1.